The second kappa shape index (κ2) is 5.23. The maximum Gasteiger partial charge on any atom is 0.136 e. The maximum atomic E-state index is 6.04. The Morgan fingerprint density at radius 2 is 1.90 bits per heavy atom. The van der Waals surface area contributed by atoms with E-state index < -0.39 is 0 Å². The third-order valence-corrected chi connectivity index (χ3v) is 4.89. The van der Waals surface area contributed by atoms with E-state index in [9.17, 15) is 0 Å². The number of nitrogens with two attached hydrogens (primary N) is 1. The van der Waals surface area contributed by atoms with Crippen LogP contribution in [0, 0.1) is 12.3 Å². The van der Waals surface area contributed by atoms with Crippen molar-refractivity contribution in [2.24, 2.45) is 5.41 Å². The van der Waals surface area contributed by atoms with E-state index in [2.05, 4.69) is 17.2 Å². The van der Waals surface area contributed by atoms with Crippen LogP contribution in [0.2, 0.25) is 0 Å². The molecule has 2 aliphatic rings. The normalized spacial score (nSPS) is 21.7. The van der Waals surface area contributed by atoms with Crippen LogP contribution >= 0.6 is 0 Å². The van der Waals surface area contributed by atoms with Crippen molar-refractivity contribution in [3.63, 3.8) is 0 Å². The predicted molar refractivity (Wildman–Crippen MR) is 82.8 cm³/mol. The van der Waals surface area contributed by atoms with E-state index in [1.165, 1.54) is 44.9 Å². The number of anilines is 2. The average molecular weight is 274 g/mol. The van der Waals surface area contributed by atoms with Crippen molar-refractivity contribution in [3.05, 3.63) is 11.4 Å². The molecular formula is C16H26N4. The topological polar surface area (TPSA) is 63.8 Å². The van der Waals surface area contributed by atoms with Crippen LogP contribution in [-0.2, 0) is 0 Å². The summed E-state index contributed by atoms with van der Waals surface area (Å²) >= 11 is 0. The third kappa shape index (κ3) is 2.89. The zero-order valence-corrected chi connectivity index (χ0v) is 12.7. The van der Waals surface area contributed by atoms with Gasteiger partial charge in [-0.05, 0) is 38.0 Å². The van der Waals surface area contributed by atoms with Gasteiger partial charge in [-0.3, -0.25) is 0 Å². The van der Waals surface area contributed by atoms with E-state index in [1.54, 1.807) is 0 Å². The van der Waals surface area contributed by atoms with Crippen molar-refractivity contribution in [1.82, 2.24) is 9.97 Å². The highest BCUT2D eigenvalue weighted by Gasteiger charge is 2.29. The Balaban J connectivity index is 1.72. The molecule has 0 aliphatic heterocycles. The SMILES string of the molecule is Cc1c(N)nc(C2CC2)nc1NCC1(C)CCCCC1. The van der Waals surface area contributed by atoms with E-state index in [4.69, 9.17) is 10.7 Å². The summed E-state index contributed by atoms with van der Waals surface area (Å²) in [6.45, 7) is 5.40. The van der Waals surface area contributed by atoms with Gasteiger partial charge in [0.1, 0.15) is 17.5 Å². The molecule has 3 N–H and O–H groups in total. The zero-order valence-electron chi connectivity index (χ0n) is 12.7. The molecule has 0 atom stereocenters. The molecule has 3 rings (SSSR count). The largest absolute Gasteiger partial charge is 0.383 e. The molecule has 110 valence electrons. The molecule has 4 nitrogen and oxygen atoms in total. The van der Waals surface area contributed by atoms with Crippen LogP contribution < -0.4 is 11.1 Å². The minimum atomic E-state index is 0.407. The Labute approximate surface area is 121 Å². The molecule has 2 saturated carbocycles. The molecule has 0 saturated heterocycles. The molecule has 0 spiro atoms. The van der Waals surface area contributed by atoms with Gasteiger partial charge in [-0.25, -0.2) is 9.97 Å². The predicted octanol–water partition coefficient (Wildman–Crippen LogP) is 3.63. The summed E-state index contributed by atoms with van der Waals surface area (Å²) in [5.74, 6) is 3.07. The van der Waals surface area contributed by atoms with Crippen molar-refractivity contribution in [1.29, 1.82) is 0 Å². The van der Waals surface area contributed by atoms with Gasteiger partial charge in [0.25, 0.3) is 0 Å². The lowest BCUT2D eigenvalue weighted by Gasteiger charge is -2.34. The summed E-state index contributed by atoms with van der Waals surface area (Å²) < 4.78 is 0. The van der Waals surface area contributed by atoms with Gasteiger partial charge in [-0.2, -0.15) is 0 Å². The fraction of sp³-hybridized carbons (Fsp3) is 0.750. The van der Waals surface area contributed by atoms with Crippen LogP contribution in [0.3, 0.4) is 0 Å². The molecule has 1 heterocycles. The molecule has 2 aliphatic carbocycles. The highest BCUT2D eigenvalue weighted by molar-refractivity contribution is 5.55. The van der Waals surface area contributed by atoms with E-state index in [-0.39, 0.29) is 0 Å². The smallest absolute Gasteiger partial charge is 0.136 e. The van der Waals surface area contributed by atoms with Crippen molar-refractivity contribution in [3.8, 4) is 0 Å². The lowest BCUT2D eigenvalue weighted by atomic mass is 9.76. The highest BCUT2D eigenvalue weighted by Crippen LogP contribution is 2.40. The van der Waals surface area contributed by atoms with Crippen LogP contribution in [0.1, 0.15) is 69.2 Å². The molecule has 2 fully saturated rings. The van der Waals surface area contributed by atoms with Crippen molar-refractivity contribution in [2.45, 2.75) is 64.7 Å². The lowest BCUT2D eigenvalue weighted by Crippen LogP contribution is -2.29. The van der Waals surface area contributed by atoms with E-state index >= 15 is 0 Å². The Morgan fingerprint density at radius 1 is 1.20 bits per heavy atom. The Kier molecular flexibility index (Phi) is 3.57. The van der Waals surface area contributed by atoms with Gasteiger partial charge in [0.05, 0.1) is 0 Å². The molecule has 1 aromatic heterocycles. The average Bonchev–Trinajstić information content (AvgIpc) is 3.26. The second-order valence-electron chi connectivity index (χ2n) is 6.94. The van der Waals surface area contributed by atoms with Gasteiger partial charge < -0.3 is 11.1 Å². The summed E-state index contributed by atoms with van der Waals surface area (Å²) in [4.78, 5) is 9.14. The number of hydrogen-bond donors (Lipinski definition) is 2. The van der Waals surface area contributed by atoms with E-state index in [1.807, 2.05) is 6.92 Å². The monoisotopic (exact) mass is 274 g/mol. The molecule has 0 radical (unpaired) electrons. The standard InChI is InChI=1S/C16H26N4/c1-11-13(17)19-15(12-6-7-12)20-14(11)18-10-16(2)8-4-3-5-9-16/h12H,3-10H2,1-2H3,(H3,17,18,19,20). The Bertz CT molecular complexity index is 487. The Hall–Kier alpha value is -1.32. The first-order chi connectivity index (χ1) is 9.57. The molecule has 1 aromatic rings. The first kappa shape index (κ1) is 13.7. The summed E-state index contributed by atoms with van der Waals surface area (Å²) in [6, 6.07) is 0. The zero-order chi connectivity index (χ0) is 14.2. The molecule has 0 amide bonds. The number of aromatic nitrogens is 2. The minimum absolute atomic E-state index is 0.407. The lowest BCUT2D eigenvalue weighted by molar-refractivity contribution is 0.233. The minimum Gasteiger partial charge on any atom is -0.383 e. The molecule has 0 unspecified atom stereocenters. The maximum absolute atomic E-state index is 6.04. The van der Waals surface area contributed by atoms with Gasteiger partial charge >= 0.3 is 0 Å². The summed E-state index contributed by atoms with van der Waals surface area (Å²) in [7, 11) is 0. The van der Waals surface area contributed by atoms with Crippen LogP contribution in [-0.4, -0.2) is 16.5 Å². The fourth-order valence-corrected chi connectivity index (χ4v) is 3.13. The quantitative estimate of drug-likeness (QED) is 0.880. The number of nitrogens with zero attached hydrogens (tertiary/aromatic N) is 2. The van der Waals surface area contributed by atoms with Crippen molar-refractivity contribution >= 4 is 11.6 Å². The van der Waals surface area contributed by atoms with Crippen molar-refractivity contribution < 1.29 is 0 Å². The van der Waals surface area contributed by atoms with Crippen LogP contribution in [0.5, 0.6) is 0 Å². The Morgan fingerprint density at radius 3 is 2.55 bits per heavy atom. The molecular weight excluding hydrogens is 248 g/mol. The van der Waals surface area contributed by atoms with Gasteiger partial charge in [-0.15, -0.1) is 0 Å². The molecule has 0 bridgehead atoms. The summed E-state index contributed by atoms with van der Waals surface area (Å²) in [5, 5.41) is 3.56. The van der Waals surface area contributed by atoms with Crippen LogP contribution in [0.15, 0.2) is 0 Å². The van der Waals surface area contributed by atoms with Gasteiger partial charge in [0.2, 0.25) is 0 Å². The van der Waals surface area contributed by atoms with Crippen molar-refractivity contribution in [2.75, 3.05) is 17.6 Å². The highest BCUT2D eigenvalue weighted by atomic mass is 15.1. The van der Waals surface area contributed by atoms with Gasteiger partial charge in [0, 0.05) is 18.0 Å². The second-order valence-corrected chi connectivity index (χ2v) is 6.94. The summed E-state index contributed by atoms with van der Waals surface area (Å²) in [6.07, 6.45) is 9.15. The van der Waals surface area contributed by atoms with E-state index in [0.29, 0.717) is 17.2 Å². The molecule has 0 aromatic carbocycles. The molecule has 20 heavy (non-hydrogen) atoms. The fourth-order valence-electron chi connectivity index (χ4n) is 3.13. The number of hydrogen-bond acceptors (Lipinski definition) is 4. The van der Waals surface area contributed by atoms with Crippen LogP contribution in [0.4, 0.5) is 11.6 Å². The van der Waals surface area contributed by atoms with Gasteiger partial charge in [0.15, 0.2) is 0 Å². The van der Waals surface area contributed by atoms with Gasteiger partial charge in [-0.1, -0.05) is 26.2 Å². The number of nitrogen functional groups attached to an aromatic ring is 1. The summed E-state index contributed by atoms with van der Waals surface area (Å²) in [5.41, 5.74) is 7.44. The molecule has 4 heteroatoms. The number of rotatable bonds is 4. The first-order valence-electron chi connectivity index (χ1n) is 7.95. The number of nitrogens with one attached hydrogen (secondary N) is 1. The van der Waals surface area contributed by atoms with E-state index in [0.717, 1.165) is 23.8 Å². The first-order valence-corrected chi connectivity index (χ1v) is 7.95. The third-order valence-electron chi connectivity index (χ3n) is 4.89. The van der Waals surface area contributed by atoms with Crippen LogP contribution in [0.25, 0.3) is 0 Å².